The minimum absolute atomic E-state index is 0. The van der Waals surface area contributed by atoms with E-state index in [0.29, 0.717) is 16.2 Å². The largest absolute Gasteiger partial charge is 0.488 e. The lowest BCUT2D eigenvalue weighted by molar-refractivity contribution is -0.313. The van der Waals surface area contributed by atoms with Gasteiger partial charge >= 0.3 is 0 Å². The number of benzene rings is 7. The first kappa shape index (κ1) is 70.9. The molecule has 0 radical (unpaired) electrons. The van der Waals surface area contributed by atoms with E-state index in [1.54, 1.807) is 43.3 Å². The molecular formula is C80H78N4O16S. The molecule has 0 aliphatic heterocycles. The van der Waals surface area contributed by atoms with Crippen LogP contribution in [0.3, 0.4) is 0 Å². The zero-order chi connectivity index (χ0) is 69.3. The molecule has 520 valence electrons. The number of nitrogens with zero attached hydrogens (tertiary/aromatic N) is 4. The van der Waals surface area contributed by atoms with Gasteiger partial charge in [0.1, 0.15) is 59.4 Å². The summed E-state index contributed by atoms with van der Waals surface area (Å²) in [4.78, 5) is 98.5. The second-order valence-corrected chi connectivity index (χ2v) is 27.8. The van der Waals surface area contributed by atoms with E-state index < -0.39 is 91.7 Å². The summed E-state index contributed by atoms with van der Waals surface area (Å²) in [5, 5.41) is 43.8. The van der Waals surface area contributed by atoms with Gasteiger partial charge in [0, 0.05) is 22.3 Å². The first-order valence-corrected chi connectivity index (χ1v) is 33.4. The number of hydrogen-bond acceptors (Lipinski definition) is 21. The number of aliphatic hydroxyl groups is 2. The van der Waals surface area contributed by atoms with Crippen molar-refractivity contribution in [3.05, 3.63) is 266 Å². The van der Waals surface area contributed by atoms with Crippen molar-refractivity contribution in [1.29, 1.82) is 0 Å². The van der Waals surface area contributed by atoms with Crippen molar-refractivity contribution >= 4 is 46.5 Å². The van der Waals surface area contributed by atoms with Crippen LogP contribution in [0.5, 0.6) is 23.3 Å². The molecule has 1 saturated carbocycles. The number of ether oxygens (including phenoxy) is 4. The summed E-state index contributed by atoms with van der Waals surface area (Å²) < 4.78 is 33.9. The zero-order valence-electron chi connectivity index (χ0n) is 55.0. The van der Waals surface area contributed by atoms with Crippen LogP contribution >= 0.6 is 11.8 Å². The molecule has 3 N–H and O–H groups in total. The molecular weight excluding hydrogens is 1300 g/mol. The lowest BCUT2D eigenvalue weighted by Crippen LogP contribution is -2.72. The number of thioether (sulfide) groups is 1. The van der Waals surface area contributed by atoms with Gasteiger partial charge in [0.05, 0.1) is 28.8 Å². The number of hydrogen-bond donors (Lipinski definition) is 3. The molecule has 0 bridgehead atoms. The van der Waals surface area contributed by atoms with Crippen molar-refractivity contribution in [2.75, 3.05) is 28.2 Å². The molecule has 15 rings (SSSR count). The number of aromatic nitrogens is 2. The van der Waals surface area contributed by atoms with Crippen molar-refractivity contribution < 1.29 is 77.1 Å². The van der Waals surface area contributed by atoms with Crippen molar-refractivity contribution in [3.8, 4) is 23.3 Å². The Bertz CT molecular complexity index is 4680. The second-order valence-electron chi connectivity index (χ2n) is 26.5. The van der Waals surface area contributed by atoms with Gasteiger partial charge in [0.25, 0.3) is 11.8 Å². The van der Waals surface area contributed by atoms with Gasteiger partial charge in [0.15, 0.2) is 34.3 Å². The number of rotatable bonds is 17. The van der Waals surface area contributed by atoms with E-state index in [1.165, 1.54) is 6.92 Å². The normalized spacial score (nSPS) is 25.1. The van der Waals surface area contributed by atoms with Crippen LogP contribution in [0.1, 0.15) is 146 Å². The van der Waals surface area contributed by atoms with Gasteiger partial charge in [-0.05, 0) is 128 Å². The van der Waals surface area contributed by atoms with Crippen LogP contribution in [-0.2, 0) is 46.5 Å². The van der Waals surface area contributed by atoms with Crippen LogP contribution in [0, 0.1) is 17.8 Å². The molecule has 0 saturated heterocycles. The second kappa shape index (κ2) is 27.9. The fourth-order valence-corrected chi connectivity index (χ4v) is 17.2. The van der Waals surface area contributed by atoms with Crippen molar-refractivity contribution in [2.24, 2.45) is 17.8 Å². The van der Waals surface area contributed by atoms with Crippen LogP contribution in [0.15, 0.2) is 213 Å². The highest BCUT2D eigenvalue weighted by Crippen LogP contribution is 2.64. The molecule has 6 aliphatic rings. The molecule has 20 nitrogen and oxygen atoms in total. The smallest absolute Gasteiger partial charge is 0.265 e. The number of Topliss-reactive ketones (excluding diaryl/α,β-unsaturated/α-hetero) is 6. The zero-order valence-corrected chi connectivity index (χ0v) is 55.8. The molecule has 101 heavy (non-hydrogen) atoms. The number of ketones is 6. The SMILES string of the molecule is C.C.CN(C)[C@@H]1c2onc(OCc3ccccc3)c2C(=O)[C@@]2(O)C(=O)C3=C(C[C@@H]12)[C@](C)(OO)c1cccc(OCc2ccccc2)c1C3=O.C[C@H]1c2cccc(OCc3ccccc3)c2C(=O)[C@@]2(Sc3ccccc3)C(=O)[C@]3(O)C(=O)c4c(OCc5ccccc5)noc4[C@@H](N(C)C)[C@@H]3C[C@@H]12. The molecule has 2 aromatic heterocycles. The van der Waals surface area contributed by atoms with Gasteiger partial charge in [0.2, 0.25) is 23.1 Å². The molecule has 2 heterocycles. The fraction of sp³-hybridized carbons (Fsp3) is 0.300. The van der Waals surface area contributed by atoms with Gasteiger partial charge in [-0.25, -0.2) is 4.89 Å². The first-order chi connectivity index (χ1) is 47.8. The predicted octanol–water partition coefficient (Wildman–Crippen LogP) is 13.2. The van der Waals surface area contributed by atoms with Crippen LogP contribution in [0.25, 0.3) is 0 Å². The molecule has 9 aromatic rings. The molecule has 0 amide bonds. The van der Waals surface area contributed by atoms with Crippen LogP contribution in [0.4, 0.5) is 0 Å². The Labute approximate surface area is 588 Å². The molecule has 6 aliphatic carbocycles. The molecule has 1 fully saturated rings. The van der Waals surface area contributed by atoms with E-state index in [2.05, 4.69) is 10.3 Å². The maximum absolute atomic E-state index is 15.6. The fourth-order valence-electron chi connectivity index (χ4n) is 15.6. The Morgan fingerprint density at radius 1 is 0.505 bits per heavy atom. The van der Waals surface area contributed by atoms with Crippen molar-refractivity contribution in [1.82, 2.24) is 20.1 Å². The third-order valence-corrected chi connectivity index (χ3v) is 21.9. The van der Waals surface area contributed by atoms with Gasteiger partial charge < -0.3 is 38.2 Å². The summed E-state index contributed by atoms with van der Waals surface area (Å²) in [6, 6.07) is 55.6. The van der Waals surface area contributed by atoms with Gasteiger partial charge in [-0.2, -0.15) is 0 Å². The maximum atomic E-state index is 15.6. The predicted molar refractivity (Wildman–Crippen MR) is 374 cm³/mol. The average Bonchev–Trinajstić information content (AvgIpc) is 1.45. The van der Waals surface area contributed by atoms with Crippen molar-refractivity contribution in [3.63, 3.8) is 0 Å². The third kappa shape index (κ3) is 11.5. The summed E-state index contributed by atoms with van der Waals surface area (Å²) in [6.45, 7) is 4.03. The molecule has 10 atom stereocenters. The number of carbonyl (C=O) groups is 6. The lowest BCUT2D eigenvalue weighted by atomic mass is 9.51. The van der Waals surface area contributed by atoms with E-state index in [0.717, 1.165) is 39.6 Å². The van der Waals surface area contributed by atoms with Crippen molar-refractivity contribution in [2.45, 2.75) is 112 Å². The van der Waals surface area contributed by atoms with Crippen LogP contribution < -0.4 is 18.9 Å². The van der Waals surface area contributed by atoms with E-state index >= 15 is 9.59 Å². The lowest BCUT2D eigenvalue weighted by Gasteiger charge is -2.57. The highest BCUT2D eigenvalue weighted by Gasteiger charge is 2.74. The Kier molecular flexibility index (Phi) is 19.6. The number of fused-ring (bicyclic) bond motifs is 7. The Hall–Kier alpha value is -9.97. The minimum atomic E-state index is -2.68. The van der Waals surface area contributed by atoms with E-state index in [-0.39, 0.29) is 117 Å². The topological polar surface area (TPSA) is 268 Å². The van der Waals surface area contributed by atoms with Crippen LogP contribution in [0.2, 0.25) is 0 Å². The van der Waals surface area contributed by atoms with Crippen LogP contribution in [-0.4, -0.2) is 114 Å². The Morgan fingerprint density at radius 2 is 0.941 bits per heavy atom. The number of carbonyl (C=O) groups excluding carboxylic acids is 6. The maximum Gasteiger partial charge on any atom is 0.265 e. The molecule has 0 unspecified atom stereocenters. The highest BCUT2D eigenvalue weighted by atomic mass is 32.2. The quantitative estimate of drug-likeness (QED) is 0.0331. The third-order valence-electron chi connectivity index (χ3n) is 20.4. The van der Waals surface area contributed by atoms with E-state index in [9.17, 15) is 34.6 Å². The monoisotopic (exact) mass is 1380 g/mol. The molecule has 7 aromatic carbocycles. The summed E-state index contributed by atoms with van der Waals surface area (Å²) in [5.41, 5.74) is -2.74. The average molecular weight is 1380 g/mol. The molecule has 0 spiro atoms. The van der Waals surface area contributed by atoms with E-state index in [1.807, 2.05) is 190 Å². The molecule has 21 heteroatoms. The minimum Gasteiger partial charge on any atom is -0.488 e. The summed E-state index contributed by atoms with van der Waals surface area (Å²) >= 11 is 1.11. The van der Waals surface area contributed by atoms with Gasteiger partial charge in [-0.1, -0.05) is 186 Å². The van der Waals surface area contributed by atoms with Gasteiger partial charge in [-0.15, -0.1) is 11.8 Å². The first-order valence-electron chi connectivity index (χ1n) is 32.6. The highest BCUT2D eigenvalue weighted by molar-refractivity contribution is 8.02. The standard InChI is InChI=1S/C42H38N2O7S.C36H32N2O9.2CH4/c1-25-29-20-13-21-32(49-23-26-14-7-4-8-15-26)33(29)38(46)42(52-28-18-11-6-12-19-28)30(25)22-31-35(44(2)3)36-34(37(45)41(31,48)40(42)47)39(43-51-36)50-24-27-16-9-5-10-17-27;1-35(47-43)22-15-10-16-25(44-18-20-11-6-4-7-12-20)26(22)30(39)27-23(35)17-24-29(38(2)3)31-28(33(41)36(24,42)32(27)40)34(37-46-31)45-19-21-13-8-5-9-14-21;;/h4-21,25,30-31,35,48H,22-24H2,1-3H3;4-16,24,29,42-43H,17-19H2,1-3H3;2*1H4/t25-,30-,31-,35-,41+,42+;24-,29-,35+,36-;;/m00../s1. The summed E-state index contributed by atoms with van der Waals surface area (Å²) in [7, 11) is 7.05. The van der Waals surface area contributed by atoms with Gasteiger partial charge in [-0.3, -0.25) is 43.8 Å². The Morgan fingerprint density at radius 3 is 1.42 bits per heavy atom. The van der Waals surface area contributed by atoms with E-state index in [4.69, 9.17) is 32.9 Å². The Balaban J connectivity index is 0.000000188. The summed E-state index contributed by atoms with van der Waals surface area (Å²) in [5.74, 6) is -7.38. The summed E-state index contributed by atoms with van der Waals surface area (Å²) in [6.07, 6.45) is 0.0162.